The number of nitrogens with one attached hydrogen (secondary N) is 2. The normalized spacial score (nSPS) is 34.3. The summed E-state index contributed by atoms with van der Waals surface area (Å²) in [6, 6.07) is -0.0544. The minimum absolute atomic E-state index is 0.0272. The average molecular weight is 395 g/mol. The molecule has 2 saturated carbocycles. The van der Waals surface area contributed by atoms with Crippen LogP contribution in [-0.2, 0) is 14.4 Å². The second-order valence-corrected chi connectivity index (χ2v) is 8.41. The van der Waals surface area contributed by atoms with Crippen LogP contribution in [0.15, 0.2) is 47.3 Å². The third kappa shape index (κ3) is 3.93. The van der Waals surface area contributed by atoms with Gasteiger partial charge in [0, 0.05) is 23.6 Å². The number of carbonyl (C=O) groups excluding carboxylic acids is 3. The van der Waals surface area contributed by atoms with E-state index in [9.17, 15) is 19.5 Å². The van der Waals surface area contributed by atoms with E-state index >= 15 is 0 Å². The molecule has 0 spiro atoms. The third-order valence-corrected chi connectivity index (χ3v) is 6.61. The summed E-state index contributed by atoms with van der Waals surface area (Å²) in [4.78, 5) is 37.1. The molecule has 2 heterocycles. The second-order valence-electron chi connectivity index (χ2n) is 8.41. The number of allylic oxidation sites excluding steroid dienone is 4. The smallest absolute Gasteiger partial charge is 0.255 e. The Bertz CT molecular complexity index is 836. The lowest BCUT2D eigenvalue weighted by Gasteiger charge is -2.41. The molecule has 2 aliphatic carbocycles. The van der Waals surface area contributed by atoms with Gasteiger partial charge < -0.3 is 15.7 Å². The van der Waals surface area contributed by atoms with Gasteiger partial charge in [0.15, 0.2) is 5.78 Å². The first kappa shape index (κ1) is 19.7. The fraction of sp³-hybridized carbons (Fsp3) is 0.522. The molecule has 0 radical (unpaired) electrons. The summed E-state index contributed by atoms with van der Waals surface area (Å²) in [5, 5.41) is 18.5. The van der Waals surface area contributed by atoms with E-state index in [0.29, 0.717) is 0 Å². The van der Waals surface area contributed by atoms with E-state index in [1.54, 1.807) is 18.2 Å². The van der Waals surface area contributed by atoms with E-state index in [2.05, 4.69) is 10.6 Å². The van der Waals surface area contributed by atoms with Crippen LogP contribution < -0.4 is 15.7 Å². The Balaban J connectivity index is 1.44. The van der Waals surface area contributed by atoms with E-state index in [1.165, 1.54) is 12.2 Å². The number of carbonyl (C=O) groups is 3. The maximum absolute atomic E-state index is 12.6. The number of amides is 2. The predicted molar refractivity (Wildman–Crippen MR) is 106 cm³/mol. The van der Waals surface area contributed by atoms with Gasteiger partial charge in [0.05, 0.1) is 5.57 Å². The first-order valence-electron chi connectivity index (χ1n) is 10.7. The van der Waals surface area contributed by atoms with E-state index in [-0.39, 0.29) is 58.4 Å². The Morgan fingerprint density at radius 3 is 2.14 bits per heavy atom. The number of piperidine rings is 1. The number of fused-ring (bicyclic) bond motifs is 2. The summed E-state index contributed by atoms with van der Waals surface area (Å²) in [5.74, 6) is -1.01. The van der Waals surface area contributed by atoms with Crippen molar-refractivity contribution in [1.82, 2.24) is 10.6 Å². The van der Waals surface area contributed by atoms with Gasteiger partial charge in [-0.2, -0.15) is 0 Å². The van der Waals surface area contributed by atoms with Crippen LogP contribution in [0.2, 0.25) is 0 Å². The average Bonchev–Trinajstić information content (AvgIpc) is 2.72. The van der Waals surface area contributed by atoms with Gasteiger partial charge in [-0.05, 0) is 37.7 Å². The highest BCUT2D eigenvalue weighted by Crippen LogP contribution is 2.33. The van der Waals surface area contributed by atoms with Crippen LogP contribution in [0, 0.1) is 11.8 Å². The number of Topliss-reactive ketones (excluding diaryl/α,β-unsaturated/α-hetero) is 1. The zero-order valence-electron chi connectivity index (χ0n) is 16.5. The largest absolute Gasteiger partial charge is 0.875 e. The van der Waals surface area contributed by atoms with Crippen LogP contribution >= 0.6 is 0 Å². The lowest BCUT2D eigenvalue weighted by Crippen LogP contribution is -2.52. The summed E-state index contributed by atoms with van der Waals surface area (Å²) < 4.78 is 0. The van der Waals surface area contributed by atoms with Crippen LogP contribution in [0.25, 0.3) is 0 Å². The van der Waals surface area contributed by atoms with E-state index in [1.807, 2.05) is 0 Å². The summed E-state index contributed by atoms with van der Waals surface area (Å²) >= 11 is 0. The van der Waals surface area contributed by atoms with Crippen molar-refractivity contribution in [2.24, 2.45) is 11.8 Å². The minimum Gasteiger partial charge on any atom is -0.875 e. The topological polar surface area (TPSA) is 98.3 Å². The van der Waals surface area contributed by atoms with Crippen molar-refractivity contribution in [3.05, 3.63) is 47.3 Å². The van der Waals surface area contributed by atoms with Gasteiger partial charge in [-0.3, -0.25) is 14.4 Å². The van der Waals surface area contributed by atoms with E-state index in [0.717, 1.165) is 51.4 Å². The molecule has 4 unspecified atom stereocenters. The number of rotatable bonds is 3. The summed E-state index contributed by atoms with van der Waals surface area (Å²) in [6.45, 7) is 0. The molecule has 0 aromatic carbocycles. The van der Waals surface area contributed by atoms with Gasteiger partial charge in [-0.1, -0.05) is 50.0 Å². The van der Waals surface area contributed by atoms with Crippen molar-refractivity contribution < 1.29 is 19.5 Å². The predicted octanol–water partition coefficient (Wildman–Crippen LogP) is 1.59. The van der Waals surface area contributed by atoms with Gasteiger partial charge >= 0.3 is 0 Å². The highest BCUT2D eigenvalue weighted by molar-refractivity contribution is 6.22. The molecule has 4 atom stereocenters. The third-order valence-electron chi connectivity index (χ3n) is 6.61. The molecule has 6 heteroatoms. The standard InChI is InChI=1S/C23H28N2O4/c26-20-14-8-4-6-12-18(14)24-22(28)16(20)10-2-1-3-11-17-21(27)15-9-5-7-13-19(15)25-23(17)29/h1-3,10-11,14-15,18-19,26H,4-9,12-13H2,(H,24,28)(H,25,29)/p-1/b3-1?,10-2?,17-11-. The maximum atomic E-state index is 12.6. The fourth-order valence-corrected chi connectivity index (χ4v) is 5.03. The molecular weight excluding hydrogens is 368 g/mol. The Morgan fingerprint density at radius 1 is 0.759 bits per heavy atom. The molecule has 0 aromatic rings. The summed E-state index contributed by atoms with van der Waals surface area (Å²) in [6.07, 6.45) is 15.4. The quantitative estimate of drug-likeness (QED) is 0.431. The maximum Gasteiger partial charge on any atom is 0.255 e. The molecule has 6 nitrogen and oxygen atoms in total. The van der Waals surface area contributed by atoms with Crippen molar-refractivity contribution >= 4 is 17.6 Å². The highest BCUT2D eigenvalue weighted by atomic mass is 16.3. The molecule has 4 aliphatic rings. The highest BCUT2D eigenvalue weighted by Gasteiger charge is 2.39. The Labute approximate surface area is 170 Å². The molecule has 0 aromatic heterocycles. The number of ketones is 1. The van der Waals surface area contributed by atoms with Crippen molar-refractivity contribution in [3.63, 3.8) is 0 Å². The molecule has 0 bridgehead atoms. The number of hydrogen-bond donors (Lipinski definition) is 2. The fourth-order valence-electron chi connectivity index (χ4n) is 5.03. The summed E-state index contributed by atoms with van der Waals surface area (Å²) in [7, 11) is 0. The molecule has 1 saturated heterocycles. The first-order chi connectivity index (χ1) is 14.1. The minimum atomic E-state index is -0.314. The monoisotopic (exact) mass is 395 g/mol. The Kier molecular flexibility index (Phi) is 5.69. The van der Waals surface area contributed by atoms with Crippen molar-refractivity contribution in [1.29, 1.82) is 0 Å². The van der Waals surface area contributed by atoms with Crippen LogP contribution in [-0.4, -0.2) is 29.7 Å². The van der Waals surface area contributed by atoms with E-state index < -0.39 is 0 Å². The molecule has 29 heavy (non-hydrogen) atoms. The first-order valence-corrected chi connectivity index (χ1v) is 10.7. The Hall–Kier alpha value is -2.63. The van der Waals surface area contributed by atoms with Gasteiger partial charge in [0.2, 0.25) is 0 Å². The van der Waals surface area contributed by atoms with Crippen LogP contribution in [0.5, 0.6) is 0 Å². The Morgan fingerprint density at radius 2 is 1.38 bits per heavy atom. The van der Waals surface area contributed by atoms with Crippen molar-refractivity contribution in [2.45, 2.75) is 63.5 Å². The molecule has 2 aliphatic heterocycles. The summed E-state index contributed by atoms with van der Waals surface area (Å²) in [5.41, 5.74) is 0.365. The molecule has 3 fully saturated rings. The molecule has 2 N–H and O–H groups in total. The molecule has 4 rings (SSSR count). The van der Waals surface area contributed by atoms with Gasteiger partial charge in [0.1, 0.15) is 0 Å². The van der Waals surface area contributed by atoms with Gasteiger partial charge in [-0.25, -0.2) is 0 Å². The number of hydrogen-bond acceptors (Lipinski definition) is 4. The van der Waals surface area contributed by atoms with Crippen molar-refractivity contribution in [2.75, 3.05) is 0 Å². The van der Waals surface area contributed by atoms with E-state index in [4.69, 9.17) is 0 Å². The molecular formula is C23H27N2O4-. The molecule has 2 amide bonds. The SMILES string of the molecule is O=C1NC2CCCCC2C([O-])=C1C=CC=C/C=C1\C(=O)NC2CCCCC2C1=O. The zero-order chi connectivity index (χ0) is 20.4. The second kappa shape index (κ2) is 8.39. The van der Waals surface area contributed by atoms with Crippen LogP contribution in [0.1, 0.15) is 51.4 Å². The molecule has 154 valence electrons. The van der Waals surface area contributed by atoms with Gasteiger partial charge in [0.25, 0.3) is 11.8 Å². The van der Waals surface area contributed by atoms with Crippen LogP contribution in [0.3, 0.4) is 0 Å². The van der Waals surface area contributed by atoms with Gasteiger partial charge in [-0.15, -0.1) is 5.76 Å². The zero-order valence-corrected chi connectivity index (χ0v) is 16.5. The lowest BCUT2D eigenvalue weighted by molar-refractivity contribution is -0.319. The van der Waals surface area contributed by atoms with Crippen molar-refractivity contribution in [3.8, 4) is 0 Å². The van der Waals surface area contributed by atoms with Crippen LogP contribution in [0.4, 0.5) is 0 Å². The lowest BCUT2D eigenvalue weighted by atomic mass is 9.77.